The molecule has 2 heterocycles. The summed E-state index contributed by atoms with van der Waals surface area (Å²) >= 11 is 0. The van der Waals surface area contributed by atoms with Crippen LogP contribution in [-0.4, -0.2) is 78.6 Å². The van der Waals surface area contributed by atoms with Crippen molar-refractivity contribution >= 4 is 5.96 Å². The van der Waals surface area contributed by atoms with Gasteiger partial charge < -0.3 is 15.0 Å². The molecule has 1 fully saturated rings. The van der Waals surface area contributed by atoms with Crippen molar-refractivity contribution in [1.29, 1.82) is 10.7 Å². The van der Waals surface area contributed by atoms with Crippen LogP contribution in [0.3, 0.4) is 0 Å². The molecule has 8 nitrogen and oxygen atoms in total. The normalized spacial score (nSPS) is 14.1. The molecular formula is C36H49N7O. The van der Waals surface area contributed by atoms with Crippen molar-refractivity contribution < 1.29 is 4.74 Å². The van der Waals surface area contributed by atoms with Gasteiger partial charge in [0.15, 0.2) is 6.19 Å². The Balaban J connectivity index is 1.08. The zero-order valence-corrected chi connectivity index (χ0v) is 26.3. The maximum atomic E-state index is 9.59. The average Bonchev–Trinajstić information content (AvgIpc) is 3.06. The SMILES string of the molecule is CN(CCCCNC(=N)N(C#N)CCCOc1cccc(CN2CCCCC2)c1)CCC(c1ccccc1)c1ccccn1. The lowest BCUT2D eigenvalue weighted by Crippen LogP contribution is -2.39. The van der Waals surface area contributed by atoms with Crippen LogP contribution < -0.4 is 10.1 Å². The summed E-state index contributed by atoms with van der Waals surface area (Å²) in [4.78, 5) is 10.9. The van der Waals surface area contributed by atoms with Crippen molar-refractivity contribution in [3.8, 4) is 11.9 Å². The second-order valence-electron chi connectivity index (χ2n) is 11.7. The van der Waals surface area contributed by atoms with Gasteiger partial charge in [-0.25, -0.2) is 4.90 Å². The number of pyridine rings is 1. The van der Waals surface area contributed by atoms with Gasteiger partial charge in [-0.15, -0.1) is 0 Å². The first kappa shape index (κ1) is 33.0. The summed E-state index contributed by atoms with van der Waals surface area (Å²) in [5, 5.41) is 21.0. The largest absolute Gasteiger partial charge is 0.494 e. The molecule has 2 aromatic carbocycles. The number of guanidine groups is 1. The van der Waals surface area contributed by atoms with E-state index >= 15 is 0 Å². The number of hydrogen-bond acceptors (Lipinski definition) is 6. The molecule has 8 heteroatoms. The lowest BCUT2D eigenvalue weighted by atomic mass is 9.92. The summed E-state index contributed by atoms with van der Waals surface area (Å²) in [5.74, 6) is 1.30. The van der Waals surface area contributed by atoms with Gasteiger partial charge in [0.25, 0.3) is 0 Å². The van der Waals surface area contributed by atoms with Crippen molar-refractivity contribution in [2.75, 3.05) is 52.9 Å². The van der Waals surface area contributed by atoms with Gasteiger partial charge in [-0.1, -0.05) is 55.0 Å². The van der Waals surface area contributed by atoms with Crippen molar-refractivity contribution in [3.63, 3.8) is 0 Å². The van der Waals surface area contributed by atoms with Gasteiger partial charge in [0.2, 0.25) is 5.96 Å². The molecule has 1 aromatic heterocycles. The van der Waals surface area contributed by atoms with Crippen LogP contribution >= 0.6 is 0 Å². The van der Waals surface area contributed by atoms with Crippen LogP contribution in [0.25, 0.3) is 0 Å². The highest BCUT2D eigenvalue weighted by atomic mass is 16.5. The van der Waals surface area contributed by atoms with Crippen LogP contribution in [0.15, 0.2) is 79.0 Å². The molecule has 1 unspecified atom stereocenters. The van der Waals surface area contributed by atoms with E-state index in [9.17, 15) is 5.26 Å². The zero-order chi connectivity index (χ0) is 30.8. The van der Waals surface area contributed by atoms with Crippen molar-refractivity contribution in [2.45, 2.75) is 57.4 Å². The monoisotopic (exact) mass is 595 g/mol. The number of rotatable bonds is 17. The Bertz CT molecular complexity index is 1230. The average molecular weight is 596 g/mol. The van der Waals surface area contributed by atoms with E-state index in [0.29, 0.717) is 26.1 Å². The molecule has 234 valence electrons. The third-order valence-corrected chi connectivity index (χ3v) is 8.24. The third kappa shape index (κ3) is 11.3. The highest BCUT2D eigenvalue weighted by Crippen LogP contribution is 2.26. The van der Waals surface area contributed by atoms with E-state index in [0.717, 1.165) is 50.3 Å². The van der Waals surface area contributed by atoms with E-state index in [4.69, 9.17) is 10.1 Å². The fourth-order valence-corrected chi connectivity index (χ4v) is 5.76. The highest BCUT2D eigenvalue weighted by Gasteiger charge is 2.16. The second kappa shape index (κ2) is 18.7. The van der Waals surface area contributed by atoms with E-state index in [1.165, 1.54) is 48.4 Å². The Kier molecular flexibility index (Phi) is 14.0. The predicted molar refractivity (Wildman–Crippen MR) is 178 cm³/mol. The summed E-state index contributed by atoms with van der Waals surface area (Å²) < 4.78 is 5.98. The summed E-state index contributed by atoms with van der Waals surface area (Å²) in [7, 11) is 2.17. The molecule has 1 aliphatic rings. The number of nitrogens with zero attached hydrogens (tertiary/aromatic N) is 5. The molecule has 0 amide bonds. The zero-order valence-electron chi connectivity index (χ0n) is 26.3. The number of likely N-dealkylation sites (tertiary alicyclic amines) is 1. The van der Waals surface area contributed by atoms with Crippen LogP contribution in [-0.2, 0) is 6.54 Å². The van der Waals surface area contributed by atoms with E-state index in [1.54, 1.807) is 0 Å². The van der Waals surface area contributed by atoms with Crippen molar-refractivity contribution in [2.24, 2.45) is 0 Å². The van der Waals surface area contributed by atoms with E-state index < -0.39 is 0 Å². The van der Waals surface area contributed by atoms with Gasteiger partial charge >= 0.3 is 0 Å². The number of nitriles is 1. The van der Waals surface area contributed by atoms with Crippen LogP contribution in [0.4, 0.5) is 0 Å². The molecule has 0 aliphatic carbocycles. The minimum atomic E-state index is 0.158. The standard InChI is InChI=1S/C36H49N7O/c1-41(26-19-34(32-15-4-2-5-16-32)35-18-6-7-20-39-35)22-11-8-21-40-36(38)43(30-37)25-13-27-44-33-17-12-14-31(28-33)29-42-23-9-3-10-24-42/h2,4-7,12,14-18,20,28,34H,3,8-11,13,19,21-27,29H2,1H3,(H2,38,40). The lowest BCUT2D eigenvalue weighted by molar-refractivity contribution is 0.220. The minimum absolute atomic E-state index is 0.158. The quantitative estimate of drug-likeness (QED) is 0.0643. The maximum Gasteiger partial charge on any atom is 0.204 e. The Labute approximate surface area is 264 Å². The van der Waals surface area contributed by atoms with Gasteiger partial charge in [0.1, 0.15) is 5.75 Å². The highest BCUT2D eigenvalue weighted by molar-refractivity contribution is 5.78. The van der Waals surface area contributed by atoms with Crippen LogP contribution in [0.5, 0.6) is 5.75 Å². The van der Waals surface area contributed by atoms with E-state index in [2.05, 4.69) is 94.0 Å². The van der Waals surface area contributed by atoms with Crippen LogP contribution in [0, 0.1) is 16.9 Å². The van der Waals surface area contributed by atoms with Crippen LogP contribution in [0.1, 0.15) is 67.7 Å². The molecule has 44 heavy (non-hydrogen) atoms. The van der Waals surface area contributed by atoms with Gasteiger partial charge in [-0.2, -0.15) is 5.26 Å². The molecule has 4 rings (SSSR count). The Morgan fingerprint density at radius 3 is 2.57 bits per heavy atom. The first-order valence-corrected chi connectivity index (χ1v) is 16.2. The fourth-order valence-electron chi connectivity index (χ4n) is 5.76. The molecule has 0 bridgehead atoms. The number of nitrogens with one attached hydrogen (secondary N) is 2. The van der Waals surface area contributed by atoms with Crippen molar-refractivity contribution in [3.05, 3.63) is 95.8 Å². The number of ether oxygens (including phenoxy) is 1. The predicted octanol–water partition coefficient (Wildman–Crippen LogP) is 6.08. The second-order valence-corrected chi connectivity index (χ2v) is 11.7. The first-order valence-electron chi connectivity index (χ1n) is 16.2. The molecule has 3 aromatic rings. The molecule has 1 atom stereocenters. The molecule has 1 saturated heterocycles. The topological polar surface area (TPSA) is 91.5 Å². The first-order chi connectivity index (χ1) is 21.6. The Morgan fingerprint density at radius 1 is 0.977 bits per heavy atom. The number of unbranched alkanes of at least 4 members (excludes halogenated alkanes) is 1. The summed E-state index contributed by atoms with van der Waals surface area (Å²) in [6.45, 7) is 6.92. The van der Waals surface area contributed by atoms with E-state index in [-0.39, 0.29) is 11.9 Å². The molecule has 0 radical (unpaired) electrons. The van der Waals surface area contributed by atoms with Gasteiger partial charge in [-0.3, -0.25) is 15.3 Å². The minimum Gasteiger partial charge on any atom is -0.494 e. The molecule has 1 aliphatic heterocycles. The molecule has 2 N–H and O–H groups in total. The van der Waals surface area contributed by atoms with Gasteiger partial charge in [0, 0.05) is 43.9 Å². The third-order valence-electron chi connectivity index (χ3n) is 8.24. The molecular weight excluding hydrogens is 546 g/mol. The molecule has 0 saturated carbocycles. The fraction of sp³-hybridized carbons (Fsp3) is 0.472. The summed E-state index contributed by atoms with van der Waals surface area (Å²) in [6.07, 6.45) is 11.6. The van der Waals surface area contributed by atoms with Crippen molar-refractivity contribution in [1.82, 2.24) is 25.0 Å². The lowest BCUT2D eigenvalue weighted by Gasteiger charge is -2.26. The van der Waals surface area contributed by atoms with Gasteiger partial charge in [0.05, 0.1) is 6.61 Å². The Hall–Kier alpha value is -3.93. The van der Waals surface area contributed by atoms with Gasteiger partial charge in [-0.05, 0) is 101 Å². The number of benzene rings is 2. The Morgan fingerprint density at radius 2 is 1.80 bits per heavy atom. The number of aromatic nitrogens is 1. The smallest absolute Gasteiger partial charge is 0.204 e. The summed E-state index contributed by atoms with van der Waals surface area (Å²) in [6, 6.07) is 25.1. The number of hydrogen-bond donors (Lipinski definition) is 2. The summed E-state index contributed by atoms with van der Waals surface area (Å²) in [5.41, 5.74) is 3.69. The van der Waals surface area contributed by atoms with E-state index in [1.807, 2.05) is 18.3 Å². The molecule has 0 spiro atoms. The maximum absolute atomic E-state index is 9.59. The van der Waals surface area contributed by atoms with Crippen LogP contribution in [0.2, 0.25) is 0 Å². The number of piperidine rings is 1.